The Kier molecular flexibility index (Phi) is 8.99. The first-order valence-electron chi connectivity index (χ1n) is 13.5. The molecule has 1 amide bonds. The molecule has 5 nitrogen and oxygen atoms in total. The lowest BCUT2D eigenvalue weighted by Crippen LogP contribution is -2.49. The highest BCUT2D eigenvalue weighted by Crippen LogP contribution is 2.39. The van der Waals surface area contributed by atoms with Crippen molar-refractivity contribution >= 4 is 33.3 Å². The largest absolute Gasteiger partial charge is 0.352 e. The zero-order chi connectivity index (χ0) is 23.0. The molecule has 1 aliphatic heterocycles. The van der Waals surface area contributed by atoms with E-state index in [1.54, 1.807) is 4.88 Å². The zero-order valence-electron chi connectivity index (χ0n) is 20.8. The number of rotatable bonds is 10. The van der Waals surface area contributed by atoms with Crippen molar-refractivity contribution in [2.45, 2.75) is 104 Å². The minimum Gasteiger partial charge on any atom is -0.352 e. The number of aryl methyl sites for hydroxylation is 3. The van der Waals surface area contributed by atoms with Gasteiger partial charge in [0.2, 0.25) is 5.91 Å². The molecule has 1 aliphatic carbocycles. The summed E-state index contributed by atoms with van der Waals surface area (Å²) in [4.78, 5) is 30.2. The molecule has 0 atom stereocenters. The van der Waals surface area contributed by atoms with Crippen LogP contribution in [0.5, 0.6) is 0 Å². The third-order valence-corrected chi connectivity index (χ3v) is 8.46. The van der Waals surface area contributed by atoms with Crippen molar-refractivity contribution in [3.63, 3.8) is 0 Å². The molecular formula is C27H42N4OS. The van der Waals surface area contributed by atoms with Crippen LogP contribution in [0.2, 0.25) is 0 Å². The van der Waals surface area contributed by atoms with Crippen molar-refractivity contribution in [3.05, 3.63) is 16.3 Å². The number of carbonyl (C=O) groups is 1. The predicted octanol–water partition coefficient (Wildman–Crippen LogP) is 6.31. The molecule has 0 N–H and O–H groups in total. The van der Waals surface area contributed by atoms with Crippen LogP contribution in [0.25, 0.3) is 10.2 Å². The highest BCUT2D eigenvalue weighted by Gasteiger charge is 2.27. The second kappa shape index (κ2) is 12.1. The fraction of sp³-hybridized carbons (Fsp3) is 0.741. The maximum atomic E-state index is 12.7. The lowest BCUT2D eigenvalue weighted by atomic mass is 10.1. The third kappa shape index (κ3) is 6.06. The van der Waals surface area contributed by atoms with Gasteiger partial charge in [-0.2, -0.15) is 0 Å². The Hall–Kier alpha value is -1.69. The van der Waals surface area contributed by atoms with Crippen molar-refractivity contribution in [2.24, 2.45) is 0 Å². The first kappa shape index (κ1) is 24.4. The Morgan fingerprint density at radius 3 is 2.42 bits per heavy atom. The molecule has 6 heteroatoms. The Morgan fingerprint density at radius 1 is 0.879 bits per heavy atom. The van der Waals surface area contributed by atoms with Crippen LogP contribution >= 0.6 is 11.3 Å². The number of unbranched alkanes of at least 4 members (excludes halogenated alkanes) is 5. The van der Waals surface area contributed by atoms with Gasteiger partial charge in [-0.1, -0.05) is 52.4 Å². The van der Waals surface area contributed by atoms with Gasteiger partial charge >= 0.3 is 0 Å². The molecule has 0 radical (unpaired) electrons. The second-order valence-electron chi connectivity index (χ2n) is 9.84. The van der Waals surface area contributed by atoms with E-state index < -0.39 is 0 Å². The van der Waals surface area contributed by atoms with Gasteiger partial charge in [0, 0.05) is 43.9 Å². The monoisotopic (exact) mass is 470 g/mol. The average molecular weight is 471 g/mol. The summed E-state index contributed by atoms with van der Waals surface area (Å²) in [5, 5.41) is 1.33. The first-order chi connectivity index (χ1) is 16.2. The van der Waals surface area contributed by atoms with Gasteiger partial charge in [-0.25, -0.2) is 9.97 Å². The van der Waals surface area contributed by atoms with E-state index in [0.717, 1.165) is 69.9 Å². The first-order valence-corrected chi connectivity index (χ1v) is 14.4. The van der Waals surface area contributed by atoms with Crippen molar-refractivity contribution in [2.75, 3.05) is 31.1 Å². The maximum absolute atomic E-state index is 12.7. The molecule has 0 unspecified atom stereocenters. The molecule has 0 spiro atoms. The number of anilines is 1. The van der Waals surface area contributed by atoms with Crippen LogP contribution in [0.15, 0.2) is 0 Å². The summed E-state index contributed by atoms with van der Waals surface area (Å²) < 4.78 is 0. The summed E-state index contributed by atoms with van der Waals surface area (Å²) in [6, 6.07) is 0. The molecule has 182 valence electrons. The Labute approximate surface area is 204 Å². The van der Waals surface area contributed by atoms with Crippen LogP contribution in [0.3, 0.4) is 0 Å². The topological polar surface area (TPSA) is 49.3 Å². The highest BCUT2D eigenvalue weighted by molar-refractivity contribution is 7.19. The van der Waals surface area contributed by atoms with Crippen LogP contribution in [0.1, 0.15) is 101 Å². The number of hydrogen-bond donors (Lipinski definition) is 0. The number of aromatic nitrogens is 2. The van der Waals surface area contributed by atoms with Crippen LogP contribution in [0, 0.1) is 0 Å². The molecule has 0 bridgehead atoms. The molecule has 2 aromatic heterocycles. The van der Waals surface area contributed by atoms with Gasteiger partial charge in [0.05, 0.1) is 5.39 Å². The van der Waals surface area contributed by atoms with Crippen molar-refractivity contribution < 1.29 is 4.79 Å². The number of hydrogen-bond acceptors (Lipinski definition) is 5. The van der Waals surface area contributed by atoms with E-state index in [-0.39, 0.29) is 0 Å². The van der Waals surface area contributed by atoms with E-state index in [9.17, 15) is 4.79 Å². The molecule has 0 aromatic carbocycles. The minimum absolute atomic E-state index is 0.340. The van der Waals surface area contributed by atoms with E-state index in [0.29, 0.717) is 12.3 Å². The molecule has 2 aromatic rings. The molecule has 1 fully saturated rings. The summed E-state index contributed by atoms with van der Waals surface area (Å²) in [5.74, 6) is 2.49. The molecule has 4 rings (SSSR count). The van der Waals surface area contributed by atoms with E-state index >= 15 is 0 Å². The highest BCUT2D eigenvalue weighted by atomic mass is 32.1. The van der Waals surface area contributed by atoms with Gasteiger partial charge in [0.1, 0.15) is 16.5 Å². The fourth-order valence-electron chi connectivity index (χ4n) is 5.24. The Bertz CT molecular complexity index is 916. The van der Waals surface area contributed by atoms with Gasteiger partial charge in [-0.3, -0.25) is 4.79 Å². The SMILES string of the molecule is CCCCCCCC(=O)N1CCN(c2nc(CCCC)nc3sc4c(c23)CCCCC4)CC1. The Morgan fingerprint density at radius 2 is 1.64 bits per heavy atom. The van der Waals surface area contributed by atoms with Crippen molar-refractivity contribution in [1.82, 2.24) is 14.9 Å². The summed E-state index contributed by atoms with van der Waals surface area (Å²) in [7, 11) is 0. The normalized spacial score (nSPS) is 16.8. The van der Waals surface area contributed by atoms with Gasteiger partial charge in [0.25, 0.3) is 0 Å². The van der Waals surface area contributed by atoms with Crippen LogP contribution in [-0.2, 0) is 24.1 Å². The van der Waals surface area contributed by atoms with Crippen LogP contribution in [0.4, 0.5) is 5.82 Å². The maximum Gasteiger partial charge on any atom is 0.222 e. The molecular weight excluding hydrogens is 428 g/mol. The number of amides is 1. The van der Waals surface area contributed by atoms with Gasteiger partial charge in [0.15, 0.2) is 0 Å². The van der Waals surface area contributed by atoms with E-state index in [2.05, 4.69) is 23.6 Å². The molecule has 3 heterocycles. The number of piperazine rings is 1. The standard InChI is InChI=1S/C27H42N4OS/c1-3-5-7-8-12-16-24(32)30-17-19-31(20-18-30)26-25-21-13-10-9-11-14-22(21)33-27(25)29-23(28-26)15-6-4-2/h3-20H2,1-2H3. The van der Waals surface area contributed by atoms with Crippen LogP contribution in [-0.4, -0.2) is 47.0 Å². The lowest BCUT2D eigenvalue weighted by Gasteiger charge is -2.36. The summed E-state index contributed by atoms with van der Waals surface area (Å²) in [6.45, 7) is 7.85. The van der Waals surface area contributed by atoms with Gasteiger partial charge < -0.3 is 9.80 Å². The van der Waals surface area contributed by atoms with Gasteiger partial charge in [-0.05, 0) is 44.1 Å². The molecule has 0 saturated carbocycles. The molecule has 1 saturated heterocycles. The van der Waals surface area contributed by atoms with Crippen molar-refractivity contribution in [3.8, 4) is 0 Å². The van der Waals surface area contributed by atoms with E-state index in [1.807, 2.05) is 11.3 Å². The van der Waals surface area contributed by atoms with E-state index in [4.69, 9.17) is 9.97 Å². The fourth-order valence-corrected chi connectivity index (χ4v) is 6.51. The quantitative estimate of drug-likeness (QED) is 0.301. The average Bonchev–Trinajstić information content (AvgIpc) is 3.02. The Balaban J connectivity index is 1.48. The summed E-state index contributed by atoms with van der Waals surface area (Å²) in [6.07, 6.45) is 16.2. The minimum atomic E-state index is 0.340. The smallest absolute Gasteiger partial charge is 0.222 e. The predicted molar refractivity (Wildman–Crippen MR) is 139 cm³/mol. The number of carbonyl (C=O) groups excluding carboxylic acids is 1. The summed E-state index contributed by atoms with van der Waals surface area (Å²) >= 11 is 1.92. The number of nitrogens with zero attached hydrogens (tertiary/aromatic N) is 4. The molecule has 2 aliphatic rings. The van der Waals surface area contributed by atoms with Crippen molar-refractivity contribution in [1.29, 1.82) is 0 Å². The third-order valence-electron chi connectivity index (χ3n) is 7.27. The summed E-state index contributed by atoms with van der Waals surface area (Å²) in [5.41, 5.74) is 1.52. The molecule has 33 heavy (non-hydrogen) atoms. The number of thiophene rings is 1. The van der Waals surface area contributed by atoms with Gasteiger partial charge in [-0.15, -0.1) is 11.3 Å². The lowest BCUT2D eigenvalue weighted by molar-refractivity contribution is -0.131. The second-order valence-corrected chi connectivity index (χ2v) is 10.9. The van der Waals surface area contributed by atoms with E-state index in [1.165, 1.54) is 67.1 Å². The van der Waals surface area contributed by atoms with Crippen LogP contribution < -0.4 is 4.90 Å². The zero-order valence-corrected chi connectivity index (χ0v) is 21.6. The number of fused-ring (bicyclic) bond motifs is 3.